The van der Waals surface area contributed by atoms with Crippen molar-refractivity contribution in [3.8, 4) is 0 Å². The van der Waals surface area contributed by atoms with Crippen molar-refractivity contribution in [2.24, 2.45) is 0 Å². The Labute approximate surface area is 179 Å². The lowest BCUT2D eigenvalue weighted by atomic mass is 10.1. The molecule has 0 spiro atoms. The number of nitrogens with one attached hydrogen (secondary N) is 2. The van der Waals surface area contributed by atoms with E-state index in [0.717, 1.165) is 44.7 Å². The summed E-state index contributed by atoms with van der Waals surface area (Å²) in [7, 11) is -3.44. The van der Waals surface area contributed by atoms with Gasteiger partial charge < -0.3 is 9.80 Å². The second kappa shape index (κ2) is 10.7. The molecule has 1 saturated heterocycles. The Kier molecular flexibility index (Phi) is 8.01. The first-order valence-electron chi connectivity index (χ1n) is 10.7. The van der Waals surface area contributed by atoms with E-state index in [2.05, 4.69) is 29.0 Å². The smallest absolute Gasteiger partial charge is 0.240 e. The fourth-order valence-corrected chi connectivity index (χ4v) is 4.83. The lowest BCUT2D eigenvalue weighted by Crippen LogP contribution is -3.13. The van der Waals surface area contributed by atoms with Gasteiger partial charge in [0.15, 0.2) is 0 Å². The van der Waals surface area contributed by atoms with Gasteiger partial charge in [-0.15, -0.1) is 0 Å². The van der Waals surface area contributed by atoms with Crippen LogP contribution >= 0.6 is 0 Å². The molecule has 162 valence electrons. The minimum Gasteiger partial charge on any atom is -0.331 e. The number of quaternary nitrogens is 1. The Bertz CT molecular complexity index is 906. The molecule has 2 aromatic carbocycles. The van der Waals surface area contributed by atoms with Gasteiger partial charge in [0, 0.05) is 18.5 Å². The number of rotatable bonds is 9. The first-order chi connectivity index (χ1) is 14.5. The van der Waals surface area contributed by atoms with Crippen LogP contribution in [0.3, 0.4) is 0 Å². The minimum atomic E-state index is -3.44. The number of nitrogens with zero attached hydrogens (tertiary/aromatic N) is 1. The van der Waals surface area contributed by atoms with E-state index in [1.54, 1.807) is 24.3 Å². The van der Waals surface area contributed by atoms with Crippen LogP contribution < -0.4 is 9.62 Å². The van der Waals surface area contributed by atoms with E-state index < -0.39 is 10.0 Å². The average Bonchev–Trinajstić information content (AvgIpc) is 2.77. The molecule has 0 atom stereocenters. The predicted molar refractivity (Wildman–Crippen MR) is 118 cm³/mol. The van der Waals surface area contributed by atoms with Gasteiger partial charge in [-0.25, -0.2) is 13.1 Å². The molecule has 1 aliphatic rings. The van der Waals surface area contributed by atoms with Crippen LogP contribution in [0.2, 0.25) is 0 Å². The van der Waals surface area contributed by atoms with Crippen LogP contribution in [0.4, 0.5) is 0 Å². The Balaban J connectivity index is 1.43. The number of carbonyl (C=O) groups is 1. The molecule has 1 fully saturated rings. The normalized spacial score (nSPS) is 15.3. The molecule has 30 heavy (non-hydrogen) atoms. The maximum Gasteiger partial charge on any atom is 0.240 e. The van der Waals surface area contributed by atoms with E-state index in [1.807, 2.05) is 17.9 Å². The molecule has 1 amide bonds. The number of sulfonamides is 1. The van der Waals surface area contributed by atoms with Crippen LogP contribution in [0.1, 0.15) is 30.9 Å². The van der Waals surface area contributed by atoms with Gasteiger partial charge >= 0.3 is 0 Å². The van der Waals surface area contributed by atoms with E-state index in [0.29, 0.717) is 19.4 Å². The average molecular weight is 431 g/mol. The number of amides is 1. The van der Waals surface area contributed by atoms with Crippen molar-refractivity contribution in [2.45, 2.75) is 37.6 Å². The molecule has 6 nitrogen and oxygen atoms in total. The molecule has 0 radical (unpaired) electrons. The molecule has 0 aromatic heterocycles. The molecule has 0 saturated carbocycles. The van der Waals surface area contributed by atoms with Gasteiger partial charge in [0.05, 0.1) is 31.1 Å². The van der Waals surface area contributed by atoms with Gasteiger partial charge in [-0.05, 0) is 30.5 Å². The Hall–Kier alpha value is -2.22. The first-order valence-corrected chi connectivity index (χ1v) is 12.2. The number of piperazine rings is 1. The van der Waals surface area contributed by atoms with Crippen molar-refractivity contribution in [1.29, 1.82) is 0 Å². The van der Waals surface area contributed by atoms with E-state index in [-0.39, 0.29) is 10.8 Å². The lowest BCUT2D eigenvalue weighted by molar-refractivity contribution is -0.917. The monoisotopic (exact) mass is 430 g/mol. The number of benzene rings is 2. The van der Waals surface area contributed by atoms with E-state index in [9.17, 15) is 13.2 Å². The summed E-state index contributed by atoms with van der Waals surface area (Å²) in [6.07, 6.45) is 1.83. The van der Waals surface area contributed by atoms with Crippen molar-refractivity contribution >= 4 is 15.9 Å². The summed E-state index contributed by atoms with van der Waals surface area (Å²) in [5.41, 5.74) is 2.31. The van der Waals surface area contributed by atoms with E-state index in [4.69, 9.17) is 0 Å². The molecule has 2 aromatic rings. The van der Waals surface area contributed by atoms with Gasteiger partial charge in [0.2, 0.25) is 15.9 Å². The molecule has 1 aliphatic heterocycles. The highest BCUT2D eigenvalue weighted by Gasteiger charge is 2.23. The van der Waals surface area contributed by atoms with Crippen molar-refractivity contribution < 1.29 is 18.1 Å². The van der Waals surface area contributed by atoms with Crippen LogP contribution in [0.25, 0.3) is 0 Å². The molecular weight excluding hydrogens is 398 g/mol. The van der Waals surface area contributed by atoms with Crippen LogP contribution in [0, 0.1) is 0 Å². The van der Waals surface area contributed by atoms with Gasteiger partial charge in [0.25, 0.3) is 0 Å². The fraction of sp³-hybridized carbons (Fsp3) is 0.435. The SMILES string of the molecule is CCCNS(=O)(=O)c1ccc(CCC(=O)N2CC[NH+](Cc3ccccc3)CC2)cc1. The summed E-state index contributed by atoms with van der Waals surface area (Å²) in [5.74, 6) is 0.176. The second-order valence-corrected chi connectivity index (χ2v) is 9.60. The quantitative estimate of drug-likeness (QED) is 0.629. The van der Waals surface area contributed by atoms with Gasteiger partial charge in [0.1, 0.15) is 6.54 Å². The third-order valence-corrected chi connectivity index (χ3v) is 7.00. The Morgan fingerprint density at radius 3 is 2.30 bits per heavy atom. The zero-order valence-electron chi connectivity index (χ0n) is 17.6. The fourth-order valence-electron chi connectivity index (χ4n) is 3.70. The van der Waals surface area contributed by atoms with Crippen molar-refractivity contribution in [3.05, 3.63) is 65.7 Å². The molecule has 1 heterocycles. The first kappa shape index (κ1) is 22.5. The molecule has 0 bridgehead atoms. The highest BCUT2D eigenvalue weighted by Crippen LogP contribution is 2.12. The number of aryl methyl sites for hydroxylation is 1. The maximum absolute atomic E-state index is 12.6. The van der Waals surface area contributed by atoms with Crippen molar-refractivity contribution in [1.82, 2.24) is 9.62 Å². The minimum absolute atomic E-state index is 0.176. The van der Waals surface area contributed by atoms with Crippen molar-refractivity contribution in [2.75, 3.05) is 32.7 Å². The van der Waals surface area contributed by atoms with Gasteiger partial charge in [-0.2, -0.15) is 0 Å². The molecule has 0 unspecified atom stereocenters. The zero-order chi connectivity index (χ0) is 21.4. The van der Waals surface area contributed by atoms with Crippen LogP contribution in [-0.2, 0) is 27.8 Å². The summed E-state index contributed by atoms with van der Waals surface area (Å²) >= 11 is 0. The van der Waals surface area contributed by atoms with E-state index >= 15 is 0 Å². The summed E-state index contributed by atoms with van der Waals surface area (Å²) < 4.78 is 26.9. The summed E-state index contributed by atoms with van der Waals surface area (Å²) in [5, 5.41) is 0. The maximum atomic E-state index is 12.6. The van der Waals surface area contributed by atoms with E-state index in [1.165, 1.54) is 10.5 Å². The Morgan fingerprint density at radius 2 is 1.67 bits per heavy atom. The summed E-state index contributed by atoms with van der Waals surface area (Å²) in [6.45, 7) is 6.88. The largest absolute Gasteiger partial charge is 0.331 e. The number of carbonyl (C=O) groups excluding carboxylic acids is 1. The predicted octanol–water partition coefficient (Wildman–Crippen LogP) is 1.23. The third kappa shape index (κ3) is 6.39. The molecular formula is C23H32N3O3S+. The summed E-state index contributed by atoms with van der Waals surface area (Å²) in [6, 6.07) is 17.3. The van der Waals surface area contributed by atoms with Gasteiger partial charge in [-0.1, -0.05) is 49.4 Å². The second-order valence-electron chi connectivity index (χ2n) is 7.83. The molecule has 3 rings (SSSR count). The number of hydrogen-bond acceptors (Lipinski definition) is 3. The summed E-state index contributed by atoms with van der Waals surface area (Å²) in [4.78, 5) is 16.3. The highest BCUT2D eigenvalue weighted by molar-refractivity contribution is 7.89. The van der Waals surface area contributed by atoms with Crippen molar-refractivity contribution in [3.63, 3.8) is 0 Å². The molecule has 2 N–H and O–H groups in total. The van der Waals surface area contributed by atoms with Gasteiger partial charge in [-0.3, -0.25) is 4.79 Å². The molecule has 7 heteroatoms. The topological polar surface area (TPSA) is 70.9 Å². The Morgan fingerprint density at radius 1 is 1.00 bits per heavy atom. The lowest BCUT2D eigenvalue weighted by Gasteiger charge is -2.32. The van der Waals surface area contributed by atoms with Crippen LogP contribution in [0.15, 0.2) is 59.5 Å². The number of hydrogen-bond donors (Lipinski definition) is 2. The molecule has 0 aliphatic carbocycles. The standard InChI is InChI=1S/C23H31N3O3S/c1-2-14-24-30(28,29)22-11-8-20(9-12-22)10-13-23(27)26-17-15-25(16-18-26)19-21-6-4-3-5-7-21/h3-9,11-12,24H,2,10,13-19H2,1H3/p+1. The highest BCUT2D eigenvalue weighted by atomic mass is 32.2. The van der Waals surface area contributed by atoms with Crippen LogP contribution in [0.5, 0.6) is 0 Å². The third-order valence-electron chi connectivity index (χ3n) is 5.52. The zero-order valence-corrected chi connectivity index (χ0v) is 18.5. The van der Waals surface area contributed by atoms with Crippen LogP contribution in [-0.4, -0.2) is 51.9 Å².